The van der Waals surface area contributed by atoms with Crippen LogP contribution >= 0.6 is 11.8 Å². The van der Waals surface area contributed by atoms with Gasteiger partial charge in [-0.1, -0.05) is 6.07 Å². The van der Waals surface area contributed by atoms with Crippen molar-refractivity contribution in [2.75, 3.05) is 7.11 Å². The minimum atomic E-state index is -0.615. The first-order valence-corrected chi connectivity index (χ1v) is 7.60. The summed E-state index contributed by atoms with van der Waals surface area (Å²) in [5.74, 6) is 0.676. The monoisotopic (exact) mass is 304 g/mol. The fraction of sp³-hybridized carbons (Fsp3) is 0.375. The molecule has 0 aliphatic rings. The van der Waals surface area contributed by atoms with Crippen LogP contribution in [0, 0.1) is 20.8 Å². The number of nitrogens with zero attached hydrogens (tertiary/aromatic N) is 2. The van der Waals surface area contributed by atoms with Crippen molar-refractivity contribution in [3.63, 3.8) is 0 Å². The number of ether oxygens (including phenoxy) is 1. The predicted octanol–water partition coefficient (Wildman–Crippen LogP) is 3.61. The van der Waals surface area contributed by atoms with Crippen LogP contribution in [0.4, 0.5) is 0 Å². The SMILES string of the molecule is COc1cccc(Sc2nc(C)c(C)c(C)n2)c1[C@@H](C)O. The molecule has 112 valence electrons. The lowest BCUT2D eigenvalue weighted by Gasteiger charge is -2.15. The first kappa shape index (κ1) is 15.8. The first-order chi connectivity index (χ1) is 9.93. The van der Waals surface area contributed by atoms with E-state index < -0.39 is 6.10 Å². The van der Waals surface area contributed by atoms with Crippen LogP contribution in [-0.2, 0) is 0 Å². The van der Waals surface area contributed by atoms with Crippen molar-refractivity contribution in [1.29, 1.82) is 0 Å². The maximum Gasteiger partial charge on any atom is 0.192 e. The molecule has 0 spiro atoms. The Hall–Kier alpha value is -1.59. The number of aliphatic hydroxyl groups is 1. The van der Waals surface area contributed by atoms with Crippen LogP contribution < -0.4 is 4.74 Å². The second-order valence-corrected chi connectivity index (χ2v) is 5.96. The summed E-state index contributed by atoms with van der Waals surface area (Å²) in [4.78, 5) is 9.94. The van der Waals surface area contributed by atoms with E-state index in [0.717, 1.165) is 27.4 Å². The molecule has 2 aromatic rings. The van der Waals surface area contributed by atoms with Crippen molar-refractivity contribution in [1.82, 2.24) is 9.97 Å². The lowest BCUT2D eigenvalue weighted by atomic mass is 10.1. The second kappa shape index (κ2) is 6.45. The standard InChI is InChI=1S/C16H20N2O2S/c1-9-10(2)17-16(18-11(9)3)21-14-8-6-7-13(20-5)15(14)12(4)19/h6-8,12,19H,1-5H3/t12-/m1/s1. The van der Waals surface area contributed by atoms with Crippen molar-refractivity contribution in [3.05, 3.63) is 40.7 Å². The Morgan fingerprint density at radius 1 is 1.14 bits per heavy atom. The first-order valence-electron chi connectivity index (χ1n) is 6.78. The molecule has 5 heteroatoms. The minimum absolute atomic E-state index is 0.615. The summed E-state index contributed by atoms with van der Waals surface area (Å²) in [6.07, 6.45) is -0.615. The molecule has 0 bridgehead atoms. The van der Waals surface area contributed by atoms with Gasteiger partial charge >= 0.3 is 0 Å². The van der Waals surface area contributed by atoms with E-state index in [1.165, 1.54) is 11.8 Å². The van der Waals surface area contributed by atoms with E-state index in [1.807, 2.05) is 39.0 Å². The van der Waals surface area contributed by atoms with E-state index in [9.17, 15) is 5.11 Å². The van der Waals surface area contributed by atoms with Gasteiger partial charge < -0.3 is 9.84 Å². The van der Waals surface area contributed by atoms with Gasteiger partial charge in [-0.25, -0.2) is 9.97 Å². The van der Waals surface area contributed by atoms with Crippen molar-refractivity contribution in [3.8, 4) is 5.75 Å². The van der Waals surface area contributed by atoms with Gasteiger partial charge in [0.15, 0.2) is 5.16 Å². The van der Waals surface area contributed by atoms with Crippen LogP contribution in [0.15, 0.2) is 28.3 Å². The summed E-state index contributed by atoms with van der Waals surface area (Å²) in [6, 6.07) is 5.70. The Morgan fingerprint density at radius 3 is 2.29 bits per heavy atom. The quantitative estimate of drug-likeness (QED) is 0.874. The van der Waals surface area contributed by atoms with Gasteiger partial charge in [-0.05, 0) is 57.2 Å². The van der Waals surface area contributed by atoms with Crippen molar-refractivity contribution < 1.29 is 9.84 Å². The number of aryl methyl sites for hydroxylation is 2. The molecule has 0 saturated heterocycles. The lowest BCUT2D eigenvalue weighted by Crippen LogP contribution is -2.01. The van der Waals surface area contributed by atoms with Gasteiger partial charge in [-0.2, -0.15) is 0 Å². The molecule has 0 aliphatic heterocycles. The smallest absolute Gasteiger partial charge is 0.192 e. The number of aromatic nitrogens is 2. The molecule has 4 nitrogen and oxygen atoms in total. The van der Waals surface area contributed by atoms with Gasteiger partial charge in [0.1, 0.15) is 5.75 Å². The lowest BCUT2D eigenvalue weighted by molar-refractivity contribution is 0.191. The van der Waals surface area contributed by atoms with Crippen molar-refractivity contribution >= 4 is 11.8 Å². The summed E-state index contributed by atoms with van der Waals surface area (Å²) in [5.41, 5.74) is 3.84. The molecule has 0 unspecified atom stereocenters. The average Bonchev–Trinajstić information content (AvgIpc) is 2.44. The Labute approximate surface area is 129 Å². The molecule has 0 aliphatic carbocycles. The highest BCUT2D eigenvalue weighted by molar-refractivity contribution is 7.99. The van der Waals surface area contributed by atoms with E-state index >= 15 is 0 Å². The summed E-state index contributed by atoms with van der Waals surface area (Å²) < 4.78 is 5.34. The van der Waals surface area contributed by atoms with Crippen LogP contribution in [0.1, 0.15) is 35.5 Å². The summed E-state index contributed by atoms with van der Waals surface area (Å²) in [5, 5.41) is 10.7. The summed E-state index contributed by atoms with van der Waals surface area (Å²) in [7, 11) is 1.60. The molecule has 1 N–H and O–H groups in total. The van der Waals surface area contributed by atoms with E-state index in [2.05, 4.69) is 9.97 Å². The Balaban J connectivity index is 2.44. The highest BCUT2D eigenvalue weighted by Crippen LogP contribution is 2.37. The zero-order valence-corrected chi connectivity index (χ0v) is 13.8. The molecular weight excluding hydrogens is 284 g/mol. The highest BCUT2D eigenvalue weighted by atomic mass is 32.2. The van der Waals surface area contributed by atoms with E-state index in [-0.39, 0.29) is 0 Å². The maximum atomic E-state index is 10.0. The normalized spacial score (nSPS) is 12.3. The molecule has 1 atom stereocenters. The number of benzene rings is 1. The van der Waals surface area contributed by atoms with Gasteiger partial charge in [-0.3, -0.25) is 0 Å². The average molecular weight is 304 g/mol. The number of rotatable bonds is 4. The number of hydrogen-bond acceptors (Lipinski definition) is 5. The van der Waals surface area contributed by atoms with Crippen LogP contribution in [0.5, 0.6) is 5.75 Å². The number of hydrogen-bond donors (Lipinski definition) is 1. The molecule has 0 amide bonds. The van der Waals surface area contributed by atoms with Gasteiger partial charge in [-0.15, -0.1) is 0 Å². The maximum absolute atomic E-state index is 10.0. The molecule has 0 saturated carbocycles. The predicted molar refractivity (Wildman–Crippen MR) is 84.0 cm³/mol. The molecule has 21 heavy (non-hydrogen) atoms. The molecule has 2 rings (SSSR count). The Bertz CT molecular complexity index is 634. The minimum Gasteiger partial charge on any atom is -0.496 e. The molecule has 1 aromatic carbocycles. The molecule has 0 radical (unpaired) electrons. The summed E-state index contributed by atoms with van der Waals surface area (Å²) in [6.45, 7) is 7.71. The Kier molecular flexibility index (Phi) is 4.85. The molecule has 1 aromatic heterocycles. The zero-order chi connectivity index (χ0) is 15.6. The summed E-state index contributed by atoms with van der Waals surface area (Å²) >= 11 is 1.45. The number of aliphatic hydroxyl groups excluding tert-OH is 1. The van der Waals surface area contributed by atoms with Crippen molar-refractivity contribution in [2.24, 2.45) is 0 Å². The van der Waals surface area contributed by atoms with E-state index in [4.69, 9.17) is 4.74 Å². The van der Waals surface area contributed by atoms with Crippen LogP contribution in [0.2, 0.25) is 0 Å². The van der Waals surface area contributed by atoms with E-state index in [1.54, 1.807) is 14.0 Å². The van der Waals surface area contributed by atoms with Gasteiger partial charge in [0.25, 0.3) is 0 Å². The fourth-order valence-electron chi connectivity index (χ4n) is 2.09. The zero-order valence-electron chi connectivity index (χ0n) is 13.0. The largest absolute Gasteiger partial charge is 0.496 e. The van der Waals surface area contributed by atoms with Crippen molar-refractivity contribution in [2.45, 2.75) is 43.9 Å². The second-order valence-electron chi connectivity index (χ2n) is 4.95. The van der Waals surface area contributed by atoms with Crippen LogP contribution in [-0.4, -0.2) is 22.2 Å². The Morgan fingerprint density at radius 2 is 1.76 bits per heavy atom. The highest BCUT2D eigenvalue weighted by Gasteiger charge is 2.16. The van der Waals surface area contributed by atoms with Gasteiger partial charge in [0, 0.05) is 21.8 Å². The van der Waals surface area contributed by atoms with Gasteiger partial charge in [0.05, 0.1) is 13.2 Å². The topological polar surface area (TPSA) is 55.2 Å². The molecule has 0 fully saturated rings. The van der Waals surface area contributed by atoms with E-state index in [0.29, 0.717) is 10.9 Å². The van der Waals surface area contributed by atoms with Crippen LogP contribution in [0.3, 0.4) is 0 Å². The third kappa shape index (κ3) is 3.36. The third-order valence-electron chi connectivity index (χ3n) is 3.48. The van der Waals surface area contributed by atoms with Gasteiger partial charge in [0.2, 0.25) is 0 Å². The molecule has 1 heterocycles. The molecular formula is C16H20N2O2S. The van der Waals surface area contributed by atoms with Crippen LogP contribution in [0.25, 0.3) is 0 Å². The number of methoxy groups -OCH3 is 1. The third-order valence-corrected chi connectivity index (χ3v) is 4.42. The fourth-order valence-corrected chi connectivity index (χ4v) is 3.18.